The zero-order valence-electron chi connectivity index (χ0n) is 10.8. The molecule has 1 aliphatic rings. The molecule has 0 saturated carbocycles. The summed E-state index contributed by atoms with van der Waals surface area (Å²) in [4.78, 5) is 9.18. The number of nitrogens with one attached hydrogen (secondary N) is 1. The van der Waals surface area contributed by atoms with Crippen LogP contribution in [0.1, 0.15) is 12.8 Å². The van der Waals surface area contributed by atoms with Crippen molar-refractivity contribution in [2.75, 3.05) is 37.1 Å². The van der Waals surface area contributed by atoms with Crippen molar-refractivity contribution >= 4 is 11.8 Å². The van der Waals surface area contributed by atoms with Gasteiger partial charge in [-0.05, 0) is 0 Å². The van der Waals surface area contributed by atoms with E-state index in [1.54, 1.807) is 11.9 Å². The van der Waals surface area contributed by atoms with E-state index in [2.05, 4.69) is 15.4 Å². The highest BCUT2D eigenvalue weighted by Gasteiger charge is 2.32. The summed E-state index contributed by atoms with van der Waals surface area (Å²) in [5.41, 5.74) is 1.38. The SMILES string of the molecule is CN(CC1(O)CCOCC1)c1nc(NN)ncc1F. The maximum absolute atomic E-state index is 13.7. The minimum atomic E-state index is -0.888. The lowest BCUT2D eigenvalue weighted by Gasteiger charge is -2.35. The number of nitrogens with zero attached hydrogens (tertiary/aromatic N) is 3. The lowest BCUT2D eigenvalue weighted by molar-refractivity contribution is -0.0573. The molecule has 2 heterocycles. The first kappa shape index (κ1) is 13.9. The second kappa shape index (κ2) is 5.64. The summed E-state index contributed by atoms with van der Waals surface area (Å²) >= 11 is 0. The molecule has 0 aliphatic carbocycles. The van der Waals surface area contributed by atoms with Gasteiger partial charge in [0.05, 0.1) is 11.8 Å². The number of anilines is 2. The van der Waals surface area contributed by atoms with Gasteiger partial charge < -0.3 is 14.7 Å². The zero-order chi connectivity index (χ0) is 13.9. The fraction of sp³-hybridized carbons (Fsp3) is 0.636. The number of aliphatic hydroxyl groups is 1. The summed E-state index contributed by atoms with van der Waals surface area (Å²) in [7, 11) is 1.67. The minimum Gasteiger partial charge on any atom is -0.388 e. The maximum Gasteiger partial charge on any atom is 0.239 e. The Hall–Kier alpha value is -1.51. The molecule has 1 saturated heterocycles. The number of rotatable bonds is 4. The van der Waals surface area contributed by atoms with Crippen LogP contribution in [0.2, 0.25) is 0 Å². The average Bonchev–Trinajstić information content (AvgIpc) is 2.39. The van der Waals surface area contributed by atoms with Crippen molar-refractivity contribution < 1.29 is 14.2 Å². The van der Waals surface area contributed by atoms with Gasteiger partial charge in [0.15, 0.2) is 11.6 Å². The molecule has 1 aliphatic heterocycles. The summed E-state index contributed by atoms with van der Waals surface area (Å²) in [5.74, 6) is 4.87. The Morgan fingerprint density at radius 2 is 2.26 bits per heavy atom. The lowest BCUT2D eigenvalue weighted by Crippen LogP contribution is -2.46. The molecule has 4 N–H and O–H groups in total. The van der Waals surface area contributed by atoms with Crippen molar-refractivity contribution in [2.45, 2.75) is 18.4 Å². The third kappa shape index (κ3) is 3.28. The molecule has 0 bridgehead atoms. The Morgan fingerprint density at radius 1 is 1.58 bits per heavy atom. The fourth-order valence-electron chi connectivity index (χ4n) is 2.12. The number of ether oxygens (including phenoxy) is 1. The topological polar surface area (TPSA) is 96.5 Å². The fourth-order valence-corrected chi connectivity index (χ4v) is 2.12. The van der Waals surface area contributed by atoms with Gasteiger partial charge in [0.2, 0.25) is 5.95 Å². The van der Waals surface area contributed by atoms with Gasteiger partial charge in [-0.2, -0.15) is 4.98 Å². The van der Waals surface area contributed by atoms with Crippen LogP contribution < -0.4 is 16.2 Å². The van der Waals surface area contributed by atoms with Gasteiger partial charge >= 0.3 is 0 Å². The average molecular weight is 271 g/mol. The number of hydrazine groups is 1. The van der Waals surface area contributed by atoms with Crippen LogP contribution in [0.5, 0.6) is 0 Å². The summed E-state index contributed by atoms with van der Waals surface area (Å²) < 4.78 is 18.9. The maximum atomic E-state index is 13.7. The molecule has 7 nitrogen and oxygen atoms in total. The third-order valence-electron chi connectivity index (χ3n) is 3.17. The molecule has 106 valence electrons. The summed E-state index contributed by atoms with van der Waals surface area (Å²) in [6.07, 6.45) is 2.08. The molecule has 0 radical (unpaired) electrons. The minimum absolute atomic E-state index is 0.0999. The summed E-state index contributed by atoms with van der Waals surface area (Å²) in [5, 5.41) is 10.4. The number of hydrogen-bond acceptors (Lipinski definition) is 7. The smallest absolute Gasteiger partial charge is 0.239 e. The van der Waals surface area contributed by atoms with Crippen molar-refractivity contribution in [3.8, 4) is 0 Å². The Kier molecular flexibility index (Phi) is 4.13. The van der Waals surface area contributed by atoms with E-state index in [0.29, 0.717) is 26.1 Å². The first-order valence-corrected chi connectivity index (χ1v) is 6.04. The molecule has 0 spiro atoms. The van der Waals surface area contributed by atoms with E-state index in [-0.39, 0.29) is 18.3 Å². The molecule has 0 aromatic carbocycles. The number of aromatic nitrogens is 2. The van der Waals surface area contributed by atoms with Gasteiger partial charge in [-0.3, -0.25) is 5.43 Å². The molecule has 8 heteroatoms. The Morgan fingerprint density at radius 3 is 2.89 bits per heavy atom. The van der Waals surface area contributed by atoms with E-state index in [1.165, 1.54) is 0 Å². The number of nitrogen functional groups attached to an aromatic ring is 1. The van der Waals surface area contributed by atoms with Crippen molar-refractivity contribution in [1.29, 1.82) is 0 Å². The molecule has 0 unspecified atom stereocenters. The van der Waals surface area contributed by atoms with Crippen LogP contribution in [0.3, 0.4) is 0 Å². The highest BCUT2D eigenvalue weighted by Crippen LogP contribution is 2.24. The largest absolute Gasteiger partial charge is 0.388 e. The number of halogens is 1. The number of hydrogen-bond donors (Lipinski definition) is 3. The lowest BCUT2D eigenvalue weighted by atomic mass is 9.94. The summed E-state index contributed by atoms with van der Waals surface area (Å²) in [6, 6.07) is 0. The molecular weight excluding hydrogens is 253 g/mol. The van der Waals surface area contributed by atoms with E-state index in [4.69, 9.17) is 10.6 Å². The predicted octanol–water partition coefficient (Wildman–Crippen LogP) is -0.121. The first-order valence-electron chi connectivity index (χ1n) is 6.04. The molecule has 1 aromatic heterocycles. The van der Waals surface area contributed by atoms with Crippen LogP contribution in [0.25, 0.3) is 0 Å². The molecule has 0 atom stereocenters. The van der Waals surface area contributed by atoms with Gasteiger partial charge in [-0.1, -0.05) is 0 Å². The highest BCUT2D eigenvalue weighted by molar-refractivity contribution is 5.43. The monoisotopic (exact) mass is 271 g/mol. The number of likely N-dealkylation sites (N-methyl/N-ethyl adjacent to an activating group) is 1. The standard InChI is InChI=1S/C11H18FN5O2/c1-17(7-11(18)2-4-19-5-3-11)9-8(12)6-14-10(15-9)16-13/h6,18H,2-5,7,13H2,1H3,(H,14,15,16). The van der Waals surface area contributed by atoms with E-state index in [1.807, 2.05) is 0 Å². The molecule has 1 aromatic rings. The van der Waals surface area contributed by atoms with Crippen LogP contribution in [-0.4, -0.2) is 47.5 Å². The normalized spacial score (nSPS) is 18.1. The van der Waals surface area contributed by atoms with Crippen LogP contribution in [0.15, 0.2) is 6.20 Å². The van der Waals surface area contributed by atoms with Crippen LogP contribution in [-0.2, 0) is 4.74 Å². The highest BCUT2D eigenvalue weighted by atomic mass is 19.1. The Bertz CT molecular complexity index is 439. The van der Waals surface area contributed by atoms with Gasteiger partial charge in [-0.25, -0.2) is 15.2 Å². The molecule has 2 rings (SSSR count). The zero-order valence-corrected chi connectivity index (χ0v) is 10.8. The van der Waals surface area contributed by atoms with Crippen LogP contribution in [0, 0.1) is 5.82 Å². The quantitative estimate of drug-likeness (QED) is 0.519. The van der Waals surface area contributed by atoms with Gasteiger partial charge in [-0.15, -0.1) is 0 Å². The van der Waals surface area contributed by atoms with Crippen molar-refractivity contribution in [3.05, 3.63) is 12.0 Å². The molecule has 0 amide bonds. The van der Waals surface area contributed by atoms with E-state index in [0.717, 1.165) is 6.20 Å². The van der Waals surface area contributed by atoms with E-state index < -0.39 is 11.4 Å². The molecule has 19 heavy (non-hydrogen) atoms. The summed E-state index contributed by atoms with van der Waals surface area (Å²) in [6.45, 7) is 1.28. The van der Waals surface area contributed by atoms with Crippen molar-refractivity contribution in [3.63, 3.8) is 0 Å². The second-order valence-electron chi connectivity index (χ2n) is 4.70. The van der Waals surface area contributed by atoms with E-state index >= 15 is 0 Å². The molecular formula is C11H18FN5O2. The van der Waals surface area contributed by atoms with Crippen molar-refractivity contribution in [2.24, 2.45) is 5.84 Å². The Balaban J connectivity index is 2.12. The van der Waals surface area contributed by atoms with E-state index in [9.17, 15) is 9.50 Å². The number of nitrogens with two attached hydrogens (primary N) is 1. The second-order valence-corrected chi connectivity index (χ2v) is 4.70. The van der Waals surface area contributed by atoms with Crippen LogP contribution >= 0.6 is 0 Å². The van der Waals surface area contributed by atoms with Gasteiger partial charge in [0, 0.05) is 39.6 Å². The van der Waals surface area contributed by atoms with Crippen LogP contribution in [0.4, 0.5) is 16.2 Å². The van der Waals surface area contributed by atoms with Crippen molar-refractivity contribution in [1.82, 2.24) is 9.97 Å². The Labute approximate surface area is 110 Å². The third-order valence-corrected chi connectivity index (χ3v) is 3.17. The molecule has 1 fully saturated rings. The predicted molar refractivity (Wildman–Crippen MR) is 68.1 cm³/mol. The van der Waals surface area contributed by atoms with Gasteiger partial charge in [0.1, 0.15) is 0 Å². The van der Waals surface area contributed by atoms with Gasteiger partial charge in [0.25, 0.3) is 0 Å². The first-order chi connectivity index (χ1) is 9.04.